The molecule has 2 saturated heterocycles. The molecule has 3 aliphatic rings. The summed E-state index contributed by atoms with van der Waals surface area (Å²) in [7, 11) is 0. The number of amides is 4. The molecule has 2 aromatic rings. The van der Waals surface area contributed by atoms with E-state index in [0.29, 0.717) is 12.2 Å². The summed E-state index contributed by atoms with van der Waals surface area (Å²) >= 11 is 0. The summed E-state index contributed by atoms with van der Waals surface area (Å²) in [5.74, 6) is -1.84. The summed E-state index contributed by atoms with van der Waals surface area (Å²) in [6.45, 7) is 4.46. The van der Waals surface area contributed by atoms with Crippen molar-refractivity contribution < 1.29 is 28.7 Å². The van der Waals surface area contributed by atoms with Gasteiger partial charge in [-0.25, -0.2) is 0 Å². The van der Waals surface area contributed by atoms with Crippen molar-refractivity contribution in [3.05, 3.63) is 64.7 Å². The molecule has 3 heterocycles. The average molecular weight is 478 g/mol. The molecule has 3 aliphatic heterocycles. The number of nitrogens with one attached hydrogen (secondary N) is 1. The lowest BCUT2D eigenvalue weighted by Gasteiger charge is -2.26. The third-order valence-electron chi connectivity index (χ3n) is 6.59. The Morgan fingerprint density at radius 3 is 2.46 bits per heavy atom. The first kappa shape index (κ1) is 23.2. The topological polar surface area (TPSA) is 105 Å². The Balaban J connectivity index is 1.28. The second kappa shape index (κ2) is 9.97. The summed E-state index contributed by atoms with van der Waals surface area (Å²) < 4.78 is 11.4. The summed E-state index contributed by atoms with van der Waals surface area (Å²) in [6, 6.07) is 12.0. The Labute approximate surface area is 203 Å². The zero-order valence-corrected chi connectivity index (χ0v) is 19.3. The van der Waals surface area contributed by atoms with Gasteiger partial charge in [0.1, 0.15) is 18.4 Å². The van der Waals surface area contributed by atoms with Crippen molar-refractivity contribution in [2.75, 3.05) is 26.3 Å². The van der Waals surface area contributed by atoms with Gasteiger partial charge in [-0.1, -0.05) is 30.3 Å². The summed E-state index contributed by atoms with van der Waals surface area (Å²) in [5.41, 5.74) is 2.50. The zero-order valence-electron chi connectivity index (χ0n) is 19.3. The molecule has 182 valence electrons. The van der Waals surface area contributed by atoms with Gasteiger partial charge in [0.2, 0.25) is 11.8 Å². The van der Waals surface area contributed by atoms with Crippen LogP contribution in [0.3, 0.4) is 0 Å². The molecule has 1 atom stereocenters. The highest BCUT2D eigenvalue weighted by Crippen LogP contribution is 2.34. The van der Waals surface area contributed by atoms with E-state index in [2.05, 4.69) is 22.3 Å². The lowest BCUT2D eigenvalue weighted by molar-refractivity contribution is -0.131. The average Bonchev–Trinajstić information content (AvgIpc) is 3.00. The standard InChI is InChI=1S/C26H27N3O6/c30-22-6-2-4-20(24(31)27-22)29-25(32)19-3-1-5-21(23(19)26(29)33)35-16-18-9-7-17(8-10-18)15-28-11-13-34-14-12-28/h1,3,5,7-10,20H,2,4,6,11-16H2,(H,27,30,31). The van der Waals surface area contributed by atoms with Crippen LogP contribution < -0.4 is 10.1 Å². The molecule has 5 rings (SSSR count). The van der Waals surface area contributed by atoms with Crippen molar-refractivity contribution in [3.8, 4) is 5.75 Å². The van der Waals surface area contributed by atoms with Crippen molar-refractivity contribution in [3.63, 3.8) is 0 Å². The van der Waals surface area contributed by atoms with Crippen LogP contribution in [0.2, 0.25) is 0 Å². The largest absolute Gasteiger partial charge is 0.488 e. The Bertz CT molecular complexity index is 1160. The highest BCUT2D eigenvalue weighted by Gasteiger charge is 2.45. The zero-order chi connectivity index (χ0) is 24.4. The third-order valence-corrected chi connectivity index (χ3v) is 6.59. The maximum atomic E-state index is 13.3. The molecule has 0 radical (unpaired) electrons. The van der Waals surface area contributed by atoms with Gasteiger partial charge in [0.25, 0.3) is 11.8 Å². The van der Waals surface area contributed by atoms with Crippen LogP contribution in [-0.4, -0.2) is 65.8 Å². The number of carbonyl (C=O) groups is 4. The van der Waals surface area contributed by atoms with Gasteiger partial charge in [-0.05, 0) is 36.1 Å². The van der Waals surface area contributed by atoms with Crippen LogP contribution in [0.4, 0.5) is 0 Å². The number of morpholine rings is 1. The van der Waals surface area contributed by atoms with Gasteiger partial charge in [-0.15, -0.1) is 0 Å². The SMILES string of the molecule is O=C1CCCC(N2C(=O)c3cccc(OCc4ccc(CN5CCOCC5)cc4)c3C2=O)C(=O)N1. The predicted molar refractivity (Wildman–Crippen MR) is 125 cm³/mol. The van der Waals surface area contributed by atoms with Crippen LogP contribution in [0.5, 0.6) is 5.75 Å². The predicted octanol–water partition coefficient (Wildman–Crippen LogP) is 1.89. The fourth-order valence-electron chi connectivity index (χ4n) is 4.71. The monoisotopic (exact) mass is 477 g/mol. The lowest BCUT2D eigenvalue weighted by atomic mass is 10.1. The number of hydrogen-bond acceptors (Lipinski definition) is 7. The second-order valence-corrected chi connectivity index (χ2v) is 8.97. The van der Waals surface area contributed by atoms with Gasteiger partial charge in [0, 0.05) is 26.1 Å². The van der Waals surface area contributed by atoms with E-state index in [1.165, 1.54) is 5.56 Å². The molecule has 9 heteroatoms. The first-order valence-electron chi connectivity index (χ1n) is 11.9. The van der Waals surface area contributed by atoms with E-state index < -0.39 is 29.7 Å². The number of ether oxygens (including phenoxy) is 2. The van der Waals surface area contributed by atoms with Crippen LogP contribution >= 0.6 is 0 Å². The van der Waals surface area contributed by atoms with E-state index in [9.17, 15) is 19.2 Å². The molecule has 2 fully saturated rings. The van der Waals surface area contributed by atoms with Gasteiger partial charge < -0.3 is 9.47 Å². The first-order valence-corrected chi connectivity index (χ1v) is 11.9. The third kappa shape index (κ3) is 4.82. The Kier molecular flexibility index (Phi) is 6.61. The van der Waals surface area contributed by atoms with Crippen LogP contribution in [0, 0.1) is 0 Å². The molecule has 0 aromatic heterocycles. The maximum absolute atomic E-state index is 13.3. The Morgan fingerprint density at radius 1 is 0.943 bits per heavy atom. The molecular formula is C26H27N3O6. The molecule has 1 N–H and O–H groups in total. The summed E-state index contributed by atoms with van der Waals surface area (Å²) in [6.07, 6.45) is 0.849. The molecule has 0 saturated carbocycles. The second-order valence-electron chi connectivity index (χ2n) is 8.97. The Hall–Kier alpha value is -3.56. The lowest BCUT2D eigenvalue weighted by Crippen LogP contribution is -2.49. The van der Waals surface area contributed by atoms with E-state index in [1.807, 2.05) is 12.1 Å². The number of carbonyl (C=O) groups excluding carboxylic acids is 4. The number of nitrogens with zero attached hydrogens (tertiary/aromatic N) is 2. The van der Waals surface area contributed by atoms with Crippen LogP contribution in [0.1, 0.15) is 51.1 Å². The van der Waals surface area contributed by atoms with E-state index in [4.69, 9.17) is 9.47 Å². The molecule has 35 heavy (non-hydrogen) atoms. The van der Waals surface area contributed by atoms with E-state index in [1.54, 1.807) is 18.2 Å². The quantitative estimate of drug-likeness (QED) is 0.634. The molecule has 2 aromatic carbocycles. The summed E-state index contributed by atoms with van der Waals surface area (Å²) in [4.78, 5) is 53.8. The Morgan fingerprint density at radius 2 is 1.69 bits per heavy atom. The number of hydrogen-bond donors (Lipinski definition) is 1. The molecule has 0 aliphatic carbocycles. The van der Waals surface area contributed by atoms with Crippen LogP contribution in [-0.2, 0) is 27.5 Å². The highest BCUT2D eigenvalue weighted by molar-refractivity contribution is 6.24. The van der Waals surface area contributed by atoms with Gasteiger partial charge in [-0.2, -0.15) is 0 Å². The van der Waals surface area contributed by atoms with Gasteiger partial charge in [0.15, 0.2) is 0 Å². The number of rotatable bonds is 6. The number of fused-ring (bicyclic) bond motifs is 1. The van der Waals surface area contributed by atoms with Crippen molar-refractivity contribution >= 4 is 23.6 Å². The molecular weight excluding hydrogens is 450 g/mol. The minimum atomic E-state index is -1.01. The molecule has 0 bridgehead atoms. The smallest absolute Gasteiger partial charge is 0.266 e. The van der Waals surface area contributed by atoms with Crippen molar-refractivity contribution in [1.29, 1.82) is 0 Å². The van der Waals surface area contributed by atoms with Crippen LogP contribution in [0.15, 0.2) is 42.5 Å². The maximum Gasteiger partial charge on any atom is 0.266 e. The van der Waals surface area contributed by atoms with Gasteiger partial charge >= 0.3 is 0 Å². The molecule has 1 unspecified atom stereocenters. The molecule has 4 amide bonds. The minimum absolute atomic E-state index is 0.157. The highest BCUT2D eigenvalue weighted by atomic mass is 16.5. The number of imide groups is 2. The number of benzene rings is 2. The van der Waals surface area contributed by atoms with Crippen LogP contribution in [0.25, 0.3) is 0 Å². The minimum Gasteiger partial charge on any atom is -0.488 e. The van der Waals surface area contributed by atoms with Crippen molar-refractivity contribution in [2.45, 2.75) is 38.5 Å². The summed E-state index contributed by atoms with van der Waals surface area (Å²) in [5, 5.41) is 2.26. The van der Waals surface area contributed by atoms with Crippen molar-refractivity contribution in [1.82, 2.24) is 15.1 Å². The van der Waals surface area contributed by atoms with E-state index >= 15 is 0 Å². The van der Waals surface area contributed by atoms with E-state index in [0.717, 1.165) is 43.3 Å². The van der Waals surface area contributed by atoms with Gasteiger partial charge in [-0.3, -0.25) is 34.3 Å². The fraction of sp³-hybridized carbons (Fsp3) is 0.385. The van der Waals surface area contributed by atoms with Gasteiger partial charge in [0.05, 0.1) is 24.3 Å². The first-order chi connectivity index (χ1) is 17.0. The van der Waals surface area contributed by atoms with Crippen molar-refractivity contribution in [2.24, 2.45) is 0 Å². The normalized spacial score (nSPS) is 21.0. The molecule has 0 spiro atoms. The molecule has 9 nitrogen and oxygen atoms in total. The fourth-order valence-corrected chi connectivity index (χ4v) is 4.71. The van der Waals surface area contributed by atoms with E-state index in [-0.39, 0.29) is 30.6 Å².